The van der Waals surface area contributed by atoms with E-state index in [2.05, 4.69) is 10.3 Å². The van der Waals surface area contributed by atoms with E-state index >= 15 is 0 Å². The highest BCUT2D eigenvalue weighted by atomic mass is 35.5. The summed E-state index contributed by atoms with van der Waals surface area (Å²) in [5, 5.41) is 4.49. The number of rotatable bonds is 5. The topological polar surface area (TPSA) is 60.7 Å². The molecule has 1 saturated carbocycles. The Hall–Kier alpha value is -2.18. The van der Waals surface area contributed by atoms with Gasteiger partial charge in [0.2, 0.25) is 0 Å². The second-order valence-corrected chi connectivity index (χ2v) is 7.66. The molecule has 148 valence electrons. The highest BCUT2D eigenvalue weighted by molar-refractivity contribution is 6.40. The van der Waals surface area contributed by atoms with Gasteiger partial charge in [-0.15, -0.1) is 0 Å². The molecule has 0 unspecified atom stereocenters. The fraction of sp³-hybridized carbons (Fsp3) is 0.400. The van der Waals surface area contributed by atoms with Gasteiger partial charge in [-0.05, 0) is 12.8 Å². The number of ether oxygens (including phenoxy) is 2. The number of nitrogens with one attached hydrogen (secondary N) is 1. The summed E-state index contributed by atoms with van der Waals surface area (Å²) in [6.07, 6.45) is 11.3. The molecule has 1 fully saturated rings. The molecule has 0 aliphatic heterocycles. The van der Waals surface area contributed by atoms with Crippen molar-refractivity contribution in [1.82, 2.24) is 14.4 Å². The predicted molar refractivity (Wildman–Crippen MR) is 112 cm³/mol. The van der Waals surface area contributed by atoms with E-state index in [9.17, 15) is 0 Å². The van der Waals surface area contributed by atoms with Crippen LogP contribution in [0.25, 0.3) is 16.9 Å². The molecule has 4 rings (SSSR count). The third-order valence-corrected chi connectivity index (χ3v) is 5.84. The third kappa shape index (κ3) is 3.35. The van der Waals surface area contributed by atoms with Gasteiger partial charge in [0.05, 0.1) is 30.5 Å². The van der Waals surface area contributed by atoms with Crippen LogP contribution in [0, 0.1) is 0 Å². The summed E-state index contributed by atoms with van der Waals surface area (Å²) in [7, 11) is 3.10. The standard InChI is InChI=1S/C20H22Cl2N4O2/c1-27-14-10-13(21)16(17(22)19(14)28-2)18-20(24-12-6-4-3-5-7-12)26-9-8-23-11-15(26)25-18/h8-12,24H,3-7H2,1-2H3. The minimum atomic E-state index is 0.370. The van der Waals surface area contributed by atoms with Gasteiger partial charge in [-0.25, -0.2) is 4.98 Å². The summed E-state index contributed by atoms with van der Waals surface area (Å²) in [5.74, 6) is 1.77. The second-order valence-electron chi connectivity index (χ2n) is 6.88. The van der Waals surface area contributed by atoms with Crippen LogP contribution in [0.5, 0.6) is 11.5 Å². The molecule has 2 aromatic heterocycles. The van der Waals surface area contributed by atoms with Crippen molar-refractivity contribution < 1.29 is 9.47 Å². The van der Waals surface area contributed by atoms with Gasteiger partial charge in [0, 0.05) is 30.1 Å². The van der Waals surface area contributed by atoms with Gasteiger partial charge in [0.25, 0.3) is 0 Å². The average molecular weight is 421 g/mol. The van der Waals surface area contributed by atoms with Crippen LogP contribution >= 0.6 is 23.2 Å². The molecule has 0 bridgehead atoms. The molecular weight excluding hydrogens is 399 g/mol. The van der Waals surface area contributed by atoms with E-state index < -0.39 is 0 Å². The molecule has 1 N–H and O–H groups in total. The lowest BCUT2D eigenvalue weighted by Gasteiger charge is -2.24. The lowest BCUT2D eigenvalue weighted by atomic mass is 9.95. The SMILES string of the molecule is COc1cc(Cl)c(-c2nc3cnccn3c2NC2CCCCC2)c(Cl)c1OC. The lowest BCUT2D eigenvalue weighted by Crippen LogP contribution is -2.23. The third-order valence-electron chi connectivity index (χ3n) is 5.18. The molecule has 3 aromatic rings. The van der Waals surface area contributed by atoms with E-state index in [1.807, 2.05) is 10.6 Å². The van der Waals surface area contributed by atoms with Crippen molar-refractivity contribution in [3.63, 3.8) is 0 Å². The van der Waals surface area contributed by atoms with E-state index in [1.165, 1.54) is 19.3 Å². The quantitative estimate of drug-likeness (QED) is 0.593. The van der Waals surface area contributed by atoms with E-state index in [0.717, 1.165) is 24.3 Å². The summed E-state index contributed by atoms with van der Waals surface area (Å²) in [5.41, 5.74) is 2.01. The Morgan fingerprint density at radius 2 is 1.93 bits per heavy atom. The number of fused-ring (bicyclic) bond motifs is 1. The number of imidazole rings is 1. The van der Waals surface area contributed by atoms with E-state index in [4.69, 9.17) is 37.7 Å². The van der Waals surface area contributed by atoms with Gasteiger partial charge >= 0.3 is 0 Å². The number of anilines is 1. The fourth-order valence-electron chi connectivity index (χ4n) is 3.80. The summed E-state index contributed by atoms with van der Waals surface area (Å²) >= 11 is 13.3. The van der Waals surface area contributed by atoms with Crippen LogP contribution in [0.15, 0.2) is 24.7 Å². The molecular formula is C20H22Cl2N4O2. The summed E-state index contributed by atoms with van der Waals surface area (Å²) in [6.45, 7) is 0. The first-order valence-electron chi connectivity index (χ1n) is 9.33. The Bertz CT molecular complexity index is 1000. The molecule has 28 heavy (non-hydrogen) atoms. The molecule has 0 saturated heterocycles. The molecule has 1 aliphatic rings. The van der Waals surface area contributed by atoms with Crippen molar-refractivity contribution in [2.45, 2.75) is 38.1 Å². The van der Waals surface area contributed by atoms with Crippen LogP contribution in [0.1, 0.15) is 32.1 Å². The Balaban J connectivity index is 1.90. The maximum atomic E-state index is 6.69. The molecule has 2 heterocycles. The first-order valence-corrected chi connectivity index (χ1v) is 10.1. The number of halogens is 2. The zero-order valence-corrected chi connectivity index (χ0v) is 17.3. The largest absolute Gasteiger partial charge is 0.493 e. The number of nitrogens with zero attached hydrogens (tertiary/aromatic N) is 3. The van der Waals surface area contributed by atoms with Gasteiger partial charge in [-0.1, -0.05) is 42.5 Å². The molecule has 0 amide bonds. The van der Waals surface area contributed by atoms with Crippen molar-refractivity contribution in [1.29, 1.82) is 0 Å². The number of benzene rings is 1. The minimum Gasteiger partial charge on any atom is -0.493 e. The molecule has 8 heteroatoms. The van der Waals surface area contributed by atoms with Crippen LogP contribution in [0.4, 0.5) is 5.82 Å². The van der Waals surface area contributed by atoms with E-state index in [1.54, 1.807) is 32.7 Å². The molecule has 0 atom stereocenters. The molecule has 6 nitrogen and oxygen atoms in total. The molecule has 1 aliphatic carbocycles. The van der Waals surface area contributed by atoms with Crippen molar-refractivity contribution in [3.05, 3.63) is 34.7 Å². The number of aromatic nitrogens is 3. The minimum absolute atomic E-state index is 0.370. The lowest BCUT2D eigenvalue weighted by molar-refractivity contribution is 0.355. The van der Waals surface area contributed by atoms with Crippen LogP contribution in [0.3, 0.4) is 0 Å². The van der Waals surface area contributed by atoms with E-state index in [0.29, 0.717) is 38.8 Å². The van der Waals surface area contributed by atoms with Gasteiger partial charge < -0.3 is 14.8 Å². The average Bonchev–Trinajstić information content (AvgIpc) is 3.06. The second kappa shape index (κ2) is 8.05. The van der Waals surface area contributed by atoms with Crippen LogP contribution < -0.4 is 14.8 Å². The molecule has 0 radical (unpaired) electrons. The first-order chi connectivity index (χ1) is 13.6. The number of methoxy groups -OCH3 is 2. The fourth-order valence-corrected chi connectivity index (χ4v) is 4.49. The smallest absolute Gasteiger partial charge is 0.180 e. The number of hydrogen-bond acceptors (Lipinski definition) is 5. The van der Waals surface area contributed by atoms with E-state index in [-0.39, 0.29) is 0 Å². The van der Waals surface area contributed by atoms with Crippen LogP contribution in [0.2, 0.25) is 10.0 Å². The van der Waals surface area contributed by atoms with Crippen molar-refractivity contribution in [2.75, 3.05) is 19.5 Å². The van der Waals surface area contributed by atoms with Crippen molar-refractivity contribution >= 4 is 34.7 Å². The molecule has 0 spiro atoms. The monoisotopic (exact) mass is 420 g/mol. The van der Waals surface area contributed by atoms with Gasteiger partial charge in [-0.2, -0.15) is 0 Å². The maximum absolute atomic E-state index is 6.69. The summed E-state index contributed by atoms with van der Waals surface area (Å²) in [4.78, 5) is 8.97. The maximum Gasteiger partial charge on any atom is 0.180 e. The highest BCUT2D eigenvalue weighted by Gasteiger charge is 2.26. The summed E-state index contributed by atoms with van der Waals surface area (Å²) in [6, 6.07) is 2.09. The zero-order valence-electron chi connectivity index (χ0n) is 15.8. The Morgan fingerprint density at radius 3 is 2.64 bits per heavy atom. The van der Waals surface area contributed by atoms with Crippen molar-refractivity contribution in [2.24, 2.45) is 0 Å². The molecule has 1 aromatic carbocycles. The van der Waals surface area contributed by atoms with Gasteiger partial charge in [-0.3, -0.25) is 9.38 Å². The van der Waals surface area contributed by atoms with Crippen LogP contribution in [-0.2, 0) is 0 Å². The normalized spacial score (nSPS) is 15.0. The van der Waals surface area contributed by atoms with Crippen molar-refractivity contribution in [3.8, 4) is 22.8 Å². The Labute approximate surface area is 173 Å². The van der Waals surface area contributed by atoms with Gasteiger partial charge in [0.15, 0.2) is 17.1 Å². The van der Waals surface area contributed by atoms with Crippen LogP contribution in [-0.4, -0.2) is 34.6 Å². The predicted octanol–water partition coefficient (Wildman–Crippen LogP) is 5.46. The first kappa shape index (κ1) is 19.2. The Kier molecular flexibility index (Phi) is 5.51. The highest BCUT2D eigenvalue weighted by Crippen LogP contribution is 2.48. The van der Waals surface area contributed by atoms with Gasteiger partial charge in [0.1, 0.15) is 11.5 Å². The number of hydrogen-bond donors (Lipinski definition) is 1. The zero-order chi connectivity index (χ0) is 19.7. The Morgan fingerprint density at radius 1 is 1.14 bits per heavy atom. The summed E-state index contributed by atoms with van der Waals surface area (Å²) < 4.78 is 12.8.